The van der Waals surface area contributed by atoms with Crippen LogP contribution >= 0.6 is 0 Å². The lowest BCUT2D eigenvalue weighted by Gasteiger charge is -2.10. The van der Waals surface area contributed by atoms with E-state index < -0.39 is 0 Å². The number of aryl methyl sites for hydroxylation is 1. The molecule has 3 rings (SSSR count). The third-order valence-corrected chi connectivity index (χ3v) is 4.38. The van der Waals surface area contributed by atoms with Crippen LogP contribution in [0.15, 0.2) is 48.8 Å². The van der Waals surface area contributed by atoms with Crippen molar-refractivity contribution in [1.82, 2.24) is 19.6 Å². The molecule has 0 fully saturated rings. The van der Waals surface area contributed by atoms with Crippen molar-refractivity contribution in [2.75, 3.05) is 20.6 Å². The maximum absolute atomic E-state index is 11.5. The van der Waals surface area contributed by atoms with Crippen LogP contribution in [0.2, 0.25) is 0 Å². The van der Waals surface area contributed by atoms with E-state index in [1.165, 1.54) is 0 Å². The van der Waals surface area contributed by atoms with E-state index in [9.17, 15) is 4.79 Å². The Kier molecular flexibility index (Phi) is 6.08. The molecule has 0 bridgehead atoms. The summed E-state index contributed by atoms with van der Waals surface area (Å²) in [6, 6.07) is 12.0. The SMILES string of the molecule is Cc1cccn2cc(COc3ccc(CNCCC(=O)N(C)C)cc3)nc12. The molecule has 0 aliphatic carbocycles. The Labute approximate surface area is 159 Å². The highest BCUT2D eigenvalue weighted by Gasteiger charge is 2.05. The van der Waals surface area contributed by atoms with E-state index in [0.717, 1.165) is 34.8 Å². The minimum Gasteiger partial charge on any atom is -0.487 e. The Morgan fingerprint density at radius 2 is 2.00 bits per heavy atom. The molecule has 6 heteroatoms. The fraction of sp³-hybridized carbons (Fsp3) is 0.333. The van der Waals surface area contributed by atoms with E-state index >= 15 is 0 Å². The van der Waals surface area contributed by atoms with E-state index in [-0.39, 0.29) is 5.91 Å². The van der Waals surface area contributed by atoms with Gasteiger partial charge in [-0.2, -0.15) is 0 Å². The first kappa shape index (κ1) is 18.9. The minimum atomic E-state index is 0.133. The van der Waals surface area contributed by atoms with Gasteiger partial charge in [-0.25, -0.2) is 4.98 Å². The minimum absolute atomic E-state index is 0.133. The fourth-order valence-corrected chi connectivity index (χ4v) is 2.79. The first-order valence-corrected chi connectivity index (χ1v) is 9.09. The molecule has 1 N–H and O–H groups in total. The lowest BCUT2D eigenvalue weighted by atomic mass is 10.2. The van der Waals surface area contributed by atoms with Crippen molar-refractivity contribution in [3.8, 4) is 5.75 Å². The van der Waals surface area contributed by atoms with Crippen molar-refractivity contribution in [1.29, 1.82) is 0 Å². The highest BCUT2D eigenvalue weighted by atomic mass is 16.5. The zero-order valence-electron chi connectivity index (χ0n) is 16.1. The molecule has 0 saturated carbocycles. The molecule has 3 aromatic rings. The number of imidazole rings is 1. The van der Waals surface area contributed by atoms with Crippen LogP contribution in [-0.4, -0.2) is 40.8 Å². The Morgan fingerprint density at radius 1 is 1.22 bits per heavy atom. The number of pyridine rings is 1. The number of carbonyl (C=O) groups is 1. The zero-order valence-corrected chi connectivity index (χ0v) is 16.1. The molecular formula is C21H26N4O2. The van der Waals surface area contributed by atoms with Crippen LogP contribution in [-0.2, 0) is 17.9 Å². The summed E-state index contributed by atoms with van der Waals surface area (Å²) in [5, 5.41) is 3.28. The second kappa shape index (κ2) is 8.68. The number of hydrogen-bond donors (Lipinski definition) is 1. The van der Waals surface area contributed by atoms with Crippen LogP contribution in [0, 0.1) is 6.92 Å². The first-order chi connectivity index (χ1) is 13.0. The van der Waals surface area contributed by atoms with Crippen LogP contribution in [0.3, 0.4) is 0 Å². The highest BCUT2D eigenvalue weighted by molar-refractivity contribution is 5.75. The molecule has 1 aromatic carbocycles. The van der Waals surface area contributed by atoms with Gasteiger partial charge in [-0.05, 0) is 36.2 Å². The third kappa shape index (κ3) is 5.08. The summed E-state index contributed by atoms with van der Waals surface area (Å²) in [5.74, 6) is 0.948. The summed E-state index contributed by atoms with van der Waals surface area (Å²) in [7, 11) is 3.54. The molecular weight excluding hydrogens is 340 g/mol. The maximum atomic E-state index is 11.5. The van der Waals surface area contributed by atoms with E-state index in [1.807, 2.05) is 47.1 Å². The quantitative estimate of drug-likeness (QED) is 0.623. The van der Waals surface area contributed by atoms with Gasteiger partial charge in [-0.3, -0.25) is 4.79 Å². The summed E-state index contributed by atoms with van der Waals surface area (Å²) >= 11 is 0. The van der Waals surface area contributed by atoms with Crippen LogP contribution in [0.25, 0.3) is 5.65 Å². The van der Waals surface area contributed by atoms with E-state index in [4.69, 9.17) is 4.74 Å². The second-order valence-electron chi connectivity index (χ2n) is 6.80. The number of ether oxygens (including phenoxy) is 1. The molecule has 142 valence electrons. The molecule has 0 atom stereocenters. The number of hydrogen-bond acceptors (Lipinski definition) is 4. The molecule has 2 aromatic heterocycles. The summed E-state index contributed by atoms with van der Waals surface area (Å²) < 4.78 is 7.87. The summed E-state index contributed by atoms with van der Waals surface area (Å²) in [6.07, 6.45) is 4.50. The number of carbonyl (C=O) groups excluding carboxylic acids is 1. The van der Waals surface area contributed by atoms with Crippen molar-refractivity contribution in [2.45, 2.75) is 26.5 Å². The average molecular weight is 366 g/mol. The zero-order chi connectivity index (χ0) is 19.2. The van der Waals surface area contributed by atoms with Crippen LogP contribution in [0.4, 0.5) is 0 Å². The lowest BCUT2D eigenvalue weighted by molar-refractivity contribution is -0.128. The van der Waals surface area contributed by atoms with Crippen molar-refractivity contribution in [2.24, 2.45) is 0 Å². The number of rotatable bonds is 8. The number of amides is 1. The van der Waals surface area contributed by atoms with Crippen molar-refractivity contribution < 1.29 is 9.53 Å². The molecule has 0 aliphatic rings. The number of fused-ring (bicyclic) bond motifs is 1. The van der Waals surface area contributed by atoms with Gasteiger partial charge in [-0.1, -0.05) is 18.2 Å². The van der Waals surface area contributed by atoms with Gasteiger partial charge in [0.05, 0.1) is 5.69 Å². The third-order valence-electron chi connectivity index (χ3n) is 4.38. The standard InChI is InChI=1S/C21H26N4O2/c1-16-5-4-12-25-14-18(23-21(16)25)15-27-19-8-6-17(7-9-19)13-22-11-10-20(26)24(2)3/h4-9,12,14,22H,10-11,13,15H2,1-3H3. The summed E-state index contributed by atoms with van der Waals surface area (Å²) in [6.45, 7) is 3.89. The van der Waals surface area contributed by atoms with Crippen molar-refractivity contribution in [3.05, 3.63) is 65.6 Å². The highest BCUT2D eigenvalue weighted by Crippen LogP contribution is 2.15. The Bertz CT molecular complexity index is 900. The second-order valence-corrected chi connectivity index (χ2v) is 6.80. The Hall–Kier alpha value is -2.86. The molecule has 0 saturated heterocycles. The van der Waals surface area contributed by atoms with Crippen LogP contribution in [0.5, 0.6) is 5.75 Å². The van der Waals surface area contributed by atoms with E-state index in [2.05, 4.69) is 23.3 Å². The molecule has 0 unspecified atom stereocenters. The number of aromatic nitrogens is 2. The number of nitrogens with zero attached hydrogens (tertiary/aromatic N) is 3. The molecule has 0 radical (unpaired) electrons. The van der Waals surface area contributed by atoms with Gasteiger partial charge in [0, 0.05) is 46.0 Å². The topological polar surface area (TPSA) is 58.9 Å². The average Bonchev–Trinajstić information content (AvgIpc) is 3.09. The maximum Gasteiger partial charge on any atom is 0.223 e. The lowest BCUT2D eigenvalue weighted by Crippen LogP contribution is -2.26. The molecule has 27 heavy (non-hydrogen) atoms. The summed E-state index contributed by atoms with van der Waals surface area (Å²) in [4.78, 5) is 17.8. The fourth-order valence-electron chi connectivity index (χ4n) is 2.79. The van der Waals surface area contributed by atoms with Gasteiger partial charge in [0.1, 0.15) is 18.0 Å². The van der Waals surface area contributed by atoms with E-state index in [0.29, 0.717) is 19.6 Å². The Balaban J connectivity index is 1.47. The van der Waals surface area contributed by atoms with Gasteiger partial charge in [0.2, 0.25) is 5.91 Å². The van der Waals surface area contributed by atoms with Crippen molar-refractivity contribution in [3.63, 3.8) is 0 Å². The first-order valence-electron chi connectivity index (χ1n) is 9.09. The van der Waals surface area contributed by atoms with Gasteiger partial charge < -0.3 is 19.4 Å². The van der Waals surface area contributed by atoms with Crippen LogP contribution < -0.4 is 10.1 Å². The molecule has 0 aliphatic heterocycles. The van der Waals surface area contributed by atoms with Gasteiger partial charge in [0.15, 0.2) is 0 Å². The molecule has 6 nitrogen and oxygen atoms in total. The van der Waals surface area contributed by atoms with Crippen LogP contribution in [0.1, 0.15) is 23.2 Å². The monoisotopic (exact) mass is 366 g/mol. The number of benzene rings is 1. The van der Waals surface area contributed by atoms with Gasteiger partial charge in [0.25, 0.3) is 0 Å². The molecule has 1 amide bonds. The largest absolute Gasteiger partial charge is 0.487 e. The summed E-state index contributed by atoms with van der Waals surface area (Å²) in [5.41, 5.74) is 4.17. The number of nitrogens with one attached hydrogen (secondary N) is 1. The van der Waals surface area contributed by atoms with Gasteiger partial charge in [-0.15, -0.1) is 0 Å². The molecule has 2 heterocycles. The Morgan fingerprint density at radius 3 is 2.70 bits per heavy atom. The van der Waals surface area contributed by atoms with Gasteiger partial charge >= 0.3 is 0 Å². The smallest absolute Gasteiger partial charge is 0.223 e. The normalized spacial score (nSPS) is 10.9. The van der Waals surface area contributed by atoms with E-state index in [1.54, 1.807) is 19.0 Å². The van der Waals surface area contributed by atoms with Crippen molar-refractivity contribution >= 4 is 11.6 Å². The molecule has 0 spiro atoms. The predicted octanol–water partition coefficient (Wildman–Crippen LogP) is 2.79. The predicted molar refractivity (Wildman–Crippen MR) is 106 cm³/mol.